The molecule has 0 fully saturated rings. The van der Waals surface area contributed by atoms with Gasteiger partial charge in [0.25, 0.3) is 5.69 Å². The Kier molecular flexibility index (Phi) is 4.12. The topological polar surface area (TPSA) is 131 Å². The van der Waals surface area contributed by atoms with E-state index in [-0.39, 0.29) is 23.5 Å². The first-order valence-corrected chi connectivity index (χ1v) is 6.03. The van der Waals surface area contributed by atoms with E-state index < -0.39 is 10.9 Å². The van der Waals surface area contributed by atoms with Crippen molar-refractivity contribution >= 4 is 17.3 Å². The van der Waals surface area contributed by atoms with Crippen LogP contribution in [-0.4, -0.2) is 32.7 Å². The van der Waals surface area contributed by atoms with Gasteiger partial charge in [-0.3, -0.25) is 10.1 Å². The van der Waals surface area contributed by atoms with Crippen molar-refractivity contribution in [1.82, 2.24) is 10.1 Å². The standard InChI is InChI=1S/C12H12N4O5/c1-7-14-10(15-21-7)5-6-13-11-8(12(17)18)3-2-4-9(11)16(19)20/h2-4,13H,5-6H2,1H3,(H,17,18). The summed E-state index contributed by atoms with van der Waals surface area (Å²) in [5.41, 5.74) is -0.483. The zero-order valence-electron chi connectivity index (χ0n) is 11.1. The molecule has 0 radical (unpaired) electrons. The molecule has 1 heterocycles. The number of aryl methyl sites for hydroxylation is 1. The van der Waals surface area contributed by atoms with Crippen LogP contribution in [0.1, 0.15) is 22.1 Å². The molecule has 0 saturated carbocycles. The summed E-state index contributed by atoms with van der Waals surface area (Å²) in [6.07, 6.45) is 0.350. The Morgan fingerprint density at radius 3 is 2.86 bits per heavy atom. The van der Waals surface area contributed by atoms with Gasteiger partial charge in [-0.15, -0.1) is 0 Å². The van der Waals surface area contributed by atoms with E-state index in [1.165, 1.54) is 18.2 Å². The SMILES string of the molecule is Cc1nc(CCNc2c(C(=O)O)cccc2[N+](=O)[O-])no1. The van der Waals surface area contributed by atoms with E-state index in [2.05, 4.69) is 15.5 Å². The summed E-state index contributed by atoms with van der Waals surface area (Å²) in [6.45, 7) is 1.89. The number of nitrogens with zero attached hydrogens (tertiary/aromatic N) is 3. The number of hydrogen-bond acceptors (Lipinski definition) is 7. The van der Waals surface area contributed by atoms with Crippen molar-refractivity contribution in [3.63, 3.8) is 0 Å². The van der Waals surface area contributed by atoms with E-state index in [4.69, 9.17) is 9.63 Å². The molecular weight excluding hydrogens is 280 g/mol. The summed E-state index contributed by atoms with van der Waals surface area (Å²) in [7, 11) is 0. The maximum atomic E-state index is 11.1. The molecule has 9 heteroatoms. The van der Waals surface area contributed by atoms with Crippen LogP contribution in [-0.2, 0) is 6.42 Å². The number of nitrogens with one attached hydrogen (secondary N) is 1. The Hall–Kier alpha value is -2.97. The highest BCUT2D eigenvalue weighted by Crippen LogP contribution is 2.28. The lowest BCUT2D eigenvalue weighted by atomic mass is 10.1. The molecule has 0 saturated heterocycles. The Bertz CT molecular complexity index is 650. The van der Waals surface area contributed by atoms with Gasteiger partial charge in [-0.2, -0.15) is 4.98 Å². The fourth-order valence-corrected chi connectivity index (χ4v) is 1.80. The van der Waals surface area contributed by atoms with E-state index in [1.54, 1.807) is 6.92 Å². The van der Waals surface area contributed by atoms with E-state index in [0.29, 0.717) is 18.1 Å². The highest BCUT2D eigenvalue weighted by Gasteiger charge is 2.21. The van der Waals surface area contributed by atoms with Crippen molar-refractivity contribution in [3.05, 3.63) is 45.6 Å². The van der Waals surface area contributed by atoms with Gasteiger partial charge in [0, 0.05) is 26.0 Å². The van der Waals surface area contributed by atoms with Crippen molar-refractivity contribution < 1.29 is 19.3 Å². The summed E-state index contributed by atoms with van der Waals surface area (Å²) >= 11 is 0. The van der Waals surface area contributed by atoms with Crippen molar-refractivity contribution in [1.29, 1.82) is 0 Å². The molecule has 0 unspecified atom stereocenters. The van der Waals surface area contributed by atoms with Crippen molar-refractivity contribution in [3.8, 4) is 0 Å². The third-order valence-electron chi connectivity index (χ3n) is 2.69. The quantitative estimate of drug-likeness (QED) is 0.606. The normalized spacial score (nSPS) is 10.3. The van der Waals surface area contributed by atoms with Crippen molar-refractivity contribution in [2.45, 2.75) is 13.3 Å². The number of benzene rings is 1. The minimum atomic E-state index is -1.24. The number of rotatable bonds is 6. The molecule has 1 aromatic heterocycles. The third kappa shape index (κ3) is 3.32. The zero-order valence-corrected chi connectivity index (χ0v) is 11.1. The lowest BCUT2D eigenvalue weighted by molar-refractivity contribution is -0.384. The molecule has 2 N–H and O–H groups in total. The monoisotopic (exact) mass is 292 g/mol. The number of nitro groups is 1. The Labute approximate surface area is 118 Å². The smallest absolute Gasteiger partial charge is 0.338 e. The van der Waals surface area contributed by atoms with Crippen LogP contribution in [0.15, 0.2) is 22.7 Å². The molecule has 0 aliphatic rings. The highest BCUT2D eigenvalue weighted by molar-refractivity contribution is 5.96. The van der Waals surface area contributed by atoms with Gasteiger partial charge in [0.1, 0.15) is 5.69 Å². The van der Waals surface area contributed by atoms with Crippen LogP contribution in [0.25, 0.3) is 0 Å². The molecule has 9 nitrogen and oxygen atoms in total. The maximum Gasteiger partial charge on any atom is 0.338 e. The molecule has 0 atom stereocenters. The number of anilines is 1. The van der Waals surface area contributed by atoms with Crippen LogP contribution in [0.2, 0.25) is 0 Å². The van der Waals surface area contributed by atoms with Crippen LogP contribution in [0, 0.1) is 17.0 Å². The number of para-hydroxylation sites is 1. The van der Waals surface area contributed by atoms with Crippen LogP contribution in [0.3, 0.4) is 0 Å². The Balaban J connectivity index is 2.17. The van der Waals surface area contributed by atoms with Gasteiger partial charge in [-0.25, -0.2) is 4.79 Å². The number of nitro benzene ring substituents is 1. The fraction of sp³-hybridized carbons (Fsp3) is 0.250. The summed E-state index contributed by atoms with van der Waals surface area (Å²) in [6, 6.07) is 3.87. The molecule has 2 rings (SSSR count). The number of aromatic nitrogens is 2. The zero-order chi connectivity index (χ0) is 15.4. The molecule has 2 aromatic rings. The number of carbonyl (C=O) groups is 1. The molecular formula is C12H12N4O5. The lowest BCUT2D eigenvalue weighted by Crippen LogP contribution is -2.12. The van der Waals surface area contributed by atoms with Gasteiger partial charge < -0.3 is 14.9 Å². The number of carboxylic acid groups (broad SMARTS) is 1. The summed E-state index contributed by atoms with van der Waals surface area (Å²) in [4.78, 5) is 25.5. The predicted molar refractivity (Wildman–Crippen MR) is 71.3 cm³/mol. The first-order valence-electron chi connectivity index (χ1n) is 6.03. The number of hydrogen-bond donors (Lipinski definition) is 2. The lowest BCUT2D eigenvalue weighted by Gasteiger charge is -2.08. The summed E-state index contributed by atoms with van der Waals surface area (Å²) in [5.74, 6) is -0.381. The Morgan fingerprint density at radius 1 is 1.52 bits per heavy atom. The van der Waals surface area contributed by atoms with Crippen LogP contribution in [0.5, 0.6) is 0 Å². The summed E-state index contributed by atoms with van der Waals surface area (Å²) < 4.78 is 4.80. The largest absolute Gasteiger partial charge is 0.478 e. The average Bonchev–Trinajstić information content (AvgIpc) is 2.84. The second-order valence-corrected chi connectivity index (χ2v) is 4.17. The third-order valence-corrected chi connectivity index (χ3v) is 2.69. The summed E-state index contributed by atoms with van der Waals surface area (Å²) in [5, 5.41) is 26.5. The van der Waals surface area contributed by atoms with Crippen molar-refractivity contribution in [2.24, 2.45) is 0 Å². The molecule has 0 aliphatic heterocycles. The Morgan fingerprint density at radius 2 is 2.29 bits per heavy atom. The molecule has 110 valence electrons. The average molecular weight is 292 g/mol. The van der Waals surface area contributed by atoms with E-state index in [0.717, 1.165) is 0 Å². The van der Waals surface area contributed by atoms with Crippen LogP contribution >= 0.6 is 0 Å². The van der Waals surface area contributed by atoms with Gasteiger partial charge in [0.05, 0.1) is 10.5 Å². The number of carboxylic acids is 1. The van der Waals surface area contributed by atoms with E-state index in [1.807, 2.05) is 0 Å². The second-order valence-electron chi connectivity index (χ2n) is 4.17. The molecule has 0 aliphatic carbocycles. The van der Waals surface area contributed by atoms with E-state index in [9.17, 15) is 14.9 Å². The molecule has 0 bridgehead atoms. The van der Waals surface area contributed by atoms with Gasteiger partial charge in [-0.05, 0) is 6.07 Å². The van der Waals surface area contributed by atoms with E-state index >= 15 is 0 Å². The predicted octanol–water partition coefficient (Wildman–Crippen LogP) is 1.64. The van der Waals surface area contributed by atoms with Gasteiger partial charge in [-0.1, -0.05) is 11.2 Å². The molecule has 0 amide bonds. The van der Waals surface area contributed by atoms with Crippen molar-refractivity contribution in [2.75, 3.05) is 11.9 Å². The molecule has 0 spiro atoms. The van der Waals surface area contributed by atoms with Gasteiger partial charge in [0.15, 0.2) is 5.82 Å². The maximum absolute atomic E-state index is 11.1. The number of aromatic carboxylic acids is 1. The van der Waals surface area contributed by atoms with Gasteiger partial charge in [0.2, 0.25) is 5.89 Å². The van der Waals surface area contributed by atoms with Crippen LogP contribution < -0.4 is 5.32 Å². The molecule has 1 aromatic carbocycles. The van der Waals surface area contributed by atoms with Crippen LogP contribution in [0.4, 0.5) is 11.4 Å². The molecule has 21 heavy (non-hydrogen) atoms. The van der Waals surface area contributed by atoms with Gasteiger partial charge >= 0.3 is 5.97 Å². The highest BCUT2D eigenvalue weighted by atomic mass is 16.6. The first-order chi connectivity index (χ1) is 9.99. The fourth-order valence-electron chi connectivity index (χ4n) is 1.80. The minimum Gasteiger partial charge on any atom is -0.478 e. The minimum absolute atomic E-state index is 0.0322. The second kappa shape index (κ2) is 5.99. The first kappa shape index (κ1) is 14.4.